The summed E-state index contributed by atoms with van der Waals surface area (Å²) in [6, 6.07) is 5.58. The van der Waals surface area contributed by atoms with Crippen molar-refractivity contribution in [3.8, 4) is 5.75 Å². The fourth-order valence-electron chi connectivity index (χ4n) is 1.34. The second-order valence-corrected chi connectivity index (χ2v) is 4.10. The quantitative estimate of drug-likeness (QED) is 0.863. The Morgan fingerprint density at radius 1 is 1.60 bits per heavy atom. The summed E-state index contributed by atoms with van der Waals surface area (Å²) in [5, 5.41) is 9.25. The zero-order valence-electron chi connectivity index (χ0n) is 8.06. The molecule has 2 aromatic rings. The fraction of sp³-hybridized carbons (Fsp3) is 0.200. The van der Waals surface area contributed by atoms with Gasteiger partial charge in [-0.1, -0.05) is 6.07 Å². The van der Waals surface area contributed by atoms with E-state index < -0.39 is 5.97 Å². The Labute approximate surface area is 90.1 Å². The van der Waals surface area contributed by atoms with E-state index in [1.807, 2.05) is 18.2 Å². The zero-order valence-corrected chi connectivity index (χ0v) is 8.87. The van der Waals surface area contributed by atoms with Gasteiger partial charge < -0.3 is 9.84 Å². The molecule has 0 atom stereocenters. The number of thiazole rings is 1. The SMILES string of the molecule is COc1cccc2sc(CC(=O)O)nc12. The van der Waals surface area contributed by atoms with Gasteiger partial charge >= 0.3 is 5.97 Å². The minimum Gasteiger partial charge on any atom is -0.494 e. The van der Waals surface area contributed by atoms with E-state index in [2.05, 4.69) is 4.98 Å². The van der Waals surface area contributed by atoms with Crippen molar-refractivity contribution in [1.82, 2.24) is 4.98 Å². The number of para-hydroxylation sites is 1. The summed E-state index contributed by atoms with van der Waals surface area (Å²) in [5.41, 5.74) is 0.737. The summed E-state index contributed by atoms with van der Waals surface area (Å²) in [6.45, 7) is 0. The van der Waals surface area contributed by atoms with Gasteiger partial charge in [0.25, 0.3) is 0 Å². The summed E-state index contributed by atoms with van der Waals surface area (Å²) in [5.74, 6) is -0.187. The third-order valence-electron chi connectivity index (χ3n) is 1.95. The molecule has 1 aromatic heterocycles. The van der Waals surface area contributed by atoms with Gasteiger partial charge in [-0.3, -0.25) is 4.79 Å². The van der Waals surface area contributed by atoms with E-state index in [0.29, 0.717) is 10.8 Å². The molecular weight excluding hydrogens is 214 g/mol. The highest BCUT2D eigenvalue weighted by Crippen LogP contribution is 2.29. The van der Waals surface area contributed by atoms with Crippen molar-refractivity contribution in [2.45, 2.75) is 6.42 Å². The number of methoxy groups -OCH3 is 1. The summed E-state index contributed by atoms with van der Waals surface area (Å²) in [6.07, 6.45) is -0.0392. The maximum atomic E-state index is 10.5. The average Bonchev–Trinajstić information content (AvgIpc) is 2.58. The molecule has 0 radical (unpaired) electrons. The van der Waals surface area contributed by atoms with Gasteiger partial charge in [-0.15, -0.1) is 11.3 Å². The fourth-order valence-corrected chi connectivity index (χ4v) is 2.31. The van der Waals surface area contributed by atoms with Crippen LogP contribution < -0.4 is 4.74 Å². The lowest BCUT2D eigenvalue weighted by atomic mass is 10.3. The lowest BCUT2D eigenvalue weighted by Crippen LogP contribution is -1.98. The largest absolute Gasteiger partial charge is 0.494 e. The van der Waals surface area contributed by atoms with Crippen molar-refractivity contribution in [3.05, 3.63) is 23.2 Å². The molecule has 0 amide bonds. The zero-order chi connectivity index (χ0) is 10.8. The standard InChI is InChI=1S/C10H9NO3S/c1-14-6-3-2-4-7-10(6)11-8(15-7)5-9(12)13/h2-4H,5H2,1H3,(H,12,13). The van der Waals surface area contributed by atoms with Crippen LogP contribution in [0.15, 0.2) is 18.2 Å². The van der Waals surface area contributed by atoms with Gasteiger partial charge in [0.05, 0.1) is 18.2 Å². The molecule has 4 nitrogen and oxygen atoms in total. The Morgan fingerprint density at radius 3 is 3.07 bits per heavy atom. The molecule has 0 spiro atoms. The number of carboxylic acids is 1. The van der Waals surface area contributed by atoms with Crippen LogP contribution in [0, 0.1) is 0 Å². The van der Waals surface area contributed by atoms with Crippen LogP contribution in [0.3, 0.4) is 0 Å². The topological polar surface area (TPSA) is 59.4 Å². The van der Waals surface area contributed by atoms with Gasteiger partial charge in [-0.05, 0) is 12.1 Å². The summed E-state index contributed by atoms with van der Waals surface area (Å²) in [4.78, 5) is 14.8. The number of fused-ring (bicyclic) bond motifs is 1. The molecule has 1 aromatic carbocycles. The van der Waals surface area contributed by atoms with Crippen molar-refractivity contribution in [2.75, 3.05) is 7.11 Å². The first-order valence-electron chi connectivity index (χ1n) is 4.35. The van der Waals surface area contributed by atoms with Gasteiger partial charge in [-0.2, -0.15) is 0 Å². The van der Waals surface area contributed by atoms with Crippen LogP contribution in [0.5, 0.6) is 5.75 Å². The molecule has 0 fully saturated rings. The first-order chi connectivity index (χ1) is 7.20. The Balaban J connectivity index is 2.50. The van der Waals surface area contributed by atoms with E-state index in [1.165, 1.54) is 11.3 Å². The molecule has 78 valence electrons. The molecule has 0 aliphatic rings. The van der Waals surface area contributed by atoms with Crippen LogP contribution in [0.25, 0.3) is 10.2 Å². The van der Waals surface area contributed by atoms with Crippen molar-refractivity contribution >= 4 is 27.5 Å². The van der Waals surface area contributed by atoms with Gasteiger partial charge in [0.2, 0.25) is 0 Å². The average molecular weight is 223 g/mol. The van der Waals surface area contributed by atoms with Crippen LogP contribution in [0.1, 0.15) is 5.01 Å². The summed E-state index contributed by atoms with van der Waals surface area (Å²) >= 11 is 1.38. The van der Waals surface area contributed by atoms with Crippen LogP contribution in [-0.2, 0) is 11.2 Å². The number of hydrogen-bond donors (Lipinski definition) is 1. The second kappa shape index (κ2) is 3.86. The van der Waals surface area contributed by atoms with E-state index in [1.54, 1.807) is 7.11 Å². The molecule has 0 aliphatic carbocycles. The van der Waals surface area contributed by atoms with Gasteiger partial charge in [-0.25, -0.2) is 4.98 Å². The van der Waals surface area contributed by atoms with Crippen LogP contribution in [-0.4, -0.2) is 23.2 Å². The summed E-state index contributed by atoms with van der Waals surface area (Å²) in [7, 11) is 1.57. The number of carbonyl (C=O) groups is 1. The molecule has 1 heterocycles. The van der Waals surface area contributed by atoms with E-state index in [0.717, 1.165) is 10.2 Å². The maximum absolute atomic E-state index is 10.5. The van der Waals surface area contributed by atoms with Crippen LogP contribution >= 0.6 is 11.3 Å². The second-order valence-electron chi connectivity index (χ2n) is 2.99. The molecule has 1 N–H and O–H groups in total. The highest BCUT2D eigenvalue weighted by atomic mass is 32.1. The number of nitrogens with zero attached hydrogens (tertiary/aromatic N) is 1. The number of rotatable bonds is 3. The Hall–Kier alpha value is -1.62. The summed E-state index contributed by atoms with van der Waals surface area (Å²) < 4.78 is 6.09. The molecule has 0 aliphatic heterocycles. The number of carboxylic acid groups (broad SMARTS) is 1. The van der Waals surface area contributed by atoms with E-state index in [9.17, 15) is 4.79 Å². The highest BCUT2D eigenvalue weighted by Gasteiger charge is 2.10. The molecule has 2 rings (SSSR count). The smallest absolute Gasteiger partial charge is 0.310 e. The van der Waals surface area contributed by atoms with Gasteiger partial charge in [0, 0.05) is 0 Å². The molecule has 0 saturated carbocycles. The third kappa shape index (κ3) is 1.92. The Morgan fingerprint density at radius 2 is 2.40 bits per heavy atom. The minimum atomic E-state index is -0.868. The van der Waals surface area contributed by atoms with Crippen LogP contribution in [0.2, 0.25) is 0 Å². The molecular formula is C10H9NO3S. The van der Waals surface area contributed by atoms with E-state index in [-0.39, 0.29) is 6.42 Å². The molecule has 5 heteroatoms. The predicted molar refractivity (Wildman–Crippen MR) is 57.5 cm³/mol. The van der Waals surface area contributed by atoms with Gasteiger partial charge in [0.1, 0.15) is 16.3 Å². The number of aliphatic carboxylic acids is 1. The Kier molecular flexibility index (Phi) is 2.55. The monoisotopic (exact) mass is 223 g/mol. The normalized spacial score (nSPS) is 10.5. The predicted octanol–water partition coefficient (Wildman–Crippen LogP) is 1.93. The number of aromatic nitrogens is 1. The van der Waals surface area contributed by atoms with E-state index >= 15 is 0 Å². The first kappa shape index (κ1) is 9.92. The maximum Gasteiger partial charge on any atom is 0.310 e. The van der Waals surface area contributed by atoms with Crippen molar-refractivity contribution < 1.29 is 14.6 Å². The lowest BCUT2D eigenvalue weighted by molar-refractivity contribution is -0.136. The third-order valence-corrected chi connectivity index (χ3v) is 2.97. The lowest BCUT2D eigenvalue weighted by Gasteiger charge is -1.97. The van der Waals surface area contributed by atoms with Crippen LogP contribution in [0.4, 0.5) is 0 Å². The molecule has 0 saturated heterocycles. The molecule has 0 bridgehead atoms. The van der Waals surface area contributed by atoms with Crippen molar-refractivity contribution in [2.24, 2.45) is 0 Å². The molecule has 0 unspecified atom stereocenters. The van der Waals surface area contributed by atoms with E-state index in [4.69, 9.17) is 9.84 Å². The highest BCUT2D eigenvalue weighted by molar-refractivity contribution is 7.18. The van der Waals surface area contributed by atoms with Crippen molar-refractivity contribution in [3.63, 3.8) is 0 Å². The van der Waals surface area contributed by atoms with Crippen molar-refractivity contribution in [1.29, 1.82) is 0 Å². The number of hydrogen-bond acceptors (Lipinski definition) is 4. The first-order valence-corrected chi connectivity index (χ1v) is 5.16. The Bertz CT molecular complexity index is 506. The minimum absolute atomic E-state index is 0.0392. The molecule has 15 heavy (non-hydrogen) atoms. The van der Waals surface area contributed by atoms with Gasteiger partial charge in [0.15, 0.2) is 0 Å². The number of ether oxygens (including phenoxy) is 1. The number of benzene rings is 1.